The first-order valence-corrected chi connectivity index (χ1v) is 5.35. The molecule has 0 aliphatic rings. The summed E-state index contributed by atoms with van der Waals surface area (Å²) < 4.78 is 65.3. The van der Waals surface area contributed by atoms with Gasteiger partial charge < -0.3 is 10.2 Å². The van der Waals surface area contributed by atoms with Crippen LogP contribution in [0.4, 0.5) is 33.3 Å². The minimum Gasteiger partial charge on any atom is -0.370 e. The number of para-hydroxylation sites is 1. The van der Waals surface area contributed by atoms with Crippen LogP contribution in [0.25, 0.3) is 0 Å². The number of nitro benzene ring substituents is 1. The van der Waals surface area contributed by atoms with Crippen LogP contribution >= 0.6 is 0 Å². The lowest BCUT2D eigenvalue weighted by atomic mass is 10.1. The molecule has 0 spiro atoms. The number of hydrogen-bond donors (Lipinski definition) is 2. The first-order chi connectivity index (χ1) is 9.60. The number of hydrazine groups is 1. The number of hydrogen-bond acceptors (Lipinski definition) is 5. The van der Waals surface area contributed by atoms with Gasteiger partial charge in [-0.2, -0.15) is 22.0 Å². The van der Waals surface area contributed by atoms with Gasteiger partial charge in [0, 0.05) is 11.6 Å². The molecule has 0 amide bonds. The Bertz CT molecular complexity index is 521. The molecule has 0 unspecified atom stereocenters. The summed E-state index contributed by atoms with van der Waals surface area (Å²) in [6.45, 7) is -2.60. The molecule has 1 rings (SSSR count). The van der Waals surface area contributed by atoms with Gasteiger partial charge in [-0.3, -0.25) is 16.0 Å². The average Bonchev–Trinajstić information content (AvgIpc) is 2.36. The van der Waals surface area contributed by atoms with Gasteiger partial charge in [-0.05, 0) is 0 Å². The van der Waals surface area contributed by atoms with Gasteiger partial charge in [0.15, 0.2) is 0 Å². The molecule has 3 N–H and O–H groups in total. The second kappa shape index (κ2) is 6.18. The van der Waals surface area contributed by atoms with Crippen molar-refractivity contribution in [1.29, 1.82) is 0 Å². The van der Waals surface area contributed by atoms with Gasteiger partial charge in [0.2, 0.25) is 0 Å². The Balaban J connectivity index is 2.82. The summed E-state index contributed by atoms with van der Waals surface area (Å²) in [4.78, 5) is 9.91. The van der Waals surface area contributed by atoms with Crippen LogP contribution in [0.1, 0.15) is 5.56 Å². The van der Waals surface area contributed by atoms with Crippen LogP contribution in [0.2, 0.25) is 0 Å². The van der Waals surface area contributed by atoms with E-state index >= 15 is 0 Å². The maximum Gasteiger partial charge on any atom is 0.455 e. The Morgan fingerprint density at radius 2 is 1.90 bits per heavy atom. The number of anilines is 1. The lowest BCUT2D eigenvalue weighted by molar-refractivity contribution is -0.384. The summed E-state index contributed by atoms with van der Waals surface area (Å²) in [6.07, 6.45) is -5.73. The number of nitrogens with one attached hydrogen (secondary N) is 1. The maximum atomic E-state index is 12.6. The molecule has 6 nitrogen and oxygen atoms in total. The second-order valence-corrected chi connectivity index (χ2v) is 3.91. The summed E-state index contributed by atoms with van der Waals surface area (Å²) in [6, 6.07) is 3.55. The Morgan fingerprint density at radius 1 is 1.29 bits per heavy atom. The molecule has 0 radical (unpaired) electrons. The molecule has 0 heterocycles. The average molecular weight is 315 g/mol. The summed E-state index contributed by atoms with van der Waals surface area (Å²) in [5.41, 5.74) is 1.29. The van der Waals surface area contributed by atoms with Crippen LogP contribution in [0, 0.1) is 10.1 Å². The van der Waals surface area contributed by atoms with Crippen LogP contribution in [0.5, 0.6) is 0 Å². The maximum absolute atomic E-state index is 12.6. The zero-order valence-corrected chi connectivity index (χ0v) is 10.3. The molecular formula is C10H10F5N3O3. The number of nitrogens with two attached hydrogens (primary N) is 1. The monoisotopic (exact) mass is 315 g/mol. The number of nitrogen functional groups attached to an aromatic ring is 1. The van der Waals surface area contributed by atoms with Crippen LogP contribution in [-0.2, 0) is 11.3 Å². The first-order valence-electron chi connectivity index (χ1n) is 5.35. The number of benzene rings is 1. The van der Waals surface area contributed by atoms with Crippen molar-refractivity contribution >= 4 is 11.4 Å². The van der Waals surface area contributed by atoms with Crippen LogP contribution in [0.3, 0.4) is 0 Å². The van der Waals surface area contributed by atoms with E-state index in [1.165, 1.54) is 12.1 Å². The molecule has 0 aliphatic carbocycles. The Kier molecular flexibility index (Phi) is 5.01. The Morgan fingerprint density at radius 3 is 2.38 bits per heavy atom. The van der Waals surface area contributed by atoms with Crippen molar-refractivity contribution in [2.75, 3.05) is 12.0 Å². The second-order valence-electron chi connectivity index (χ2n) is 3.91. The number of nitro groups is 1. The highest BCUT2D eigenvalue weighted by molar-refractivity contribution is 5.65. The predicted octanol–water partition coefficient (Wildman–Crippen LogP) is 2.59. The topological polar surface area (TPSA) is 90.4 Å². The van der Waals surface area contributed by atoms with Gasteiger partial charge in [0.1, 0.15) is 12.3 Å². The van der Waals surface area contributed by atoms with Crippen molar-refractivity contribution in [1.82, 2.24) is 0 Å². The molecule has 11 heteroatoms. The molecule has 1 aromatic rings. The van der Waals surface area contributed by atoms with Gasteiger partial charge >= 0.3 is 12.1 Å². The number of halogens is 5. The van der Waals surface area contributed by atoms with Gasteiger partial charge in [-0.1, -0.05) is 12.1 Å². The van der Waals surface area contributed by atoms with Crippen molar-refractivity contribution in [3.8, 4) is 0 Å². The van der Waals surface area contributed by atoms with E-state index in [9.17, 15) is 32.1 Å². The number of rotatable bonds is 6. The molecule has 0 atom stereocenters. The Hall–Kier alpha value is -2.01. The minimum absolute atomic E-state index is 0.0234. The quantitative estimate of drug-likeness (QED) is 0.364. The van der Waals surface area contributed by atoms with Gasteiger partial charge in [-0.25, -0.2) is 0 Å². The molecule has 0 fully saturated rings. The van der Waals surface area contributed by atoms with E-state index in [2.05, 4.69) is 4.74 Å². The van der Waals surface area contributed by atoms with Crippen molar-refractivity contribution in [3.63, 3.8) is 0 Å². The van der Waals surface area contributed by atoms with E-state index in [-0.39, 0.29) is 11.3 Å². The third-order valence-electron chi connectivity index (χ3n) is 2.43. The highest BCUT2D eigenvalue weighted by atomic mass is 19.4. The smallest absolute Gasteiger partial charge is 0.370 e. The van der Waals surface area contributed by atoms with Crippen LogP contribution < -0.4 is 11.3 Å². The fourth-order valence-electron chi connectivity index (χ4n) is 1.40. The summed E-state index contributed by atoms with van der Waals surface area (Å²) in [5.74, 6) is 0.0680. The van der Waals surface area contributed by atoms with Crippen LogP contribution in [-0.4, -0.2) is 23.6 Å². The van der Waals surface area contributed by atoms with E-state index in [1.54, 1.807) is 0 Å². The fourth-order valence-corrected chi connectivity index (χ4v) is 1.40. The van der Waals surface area contributed by atoms with Gasteiger partial charge in [0.25, 0.3) is 5.69 Å². The molecule has 21 heavy (non-hydrogen) atoms. The fraction of sp³-hybridized carbons (Fsp3) is 0.400. The normalized spacial score (nSPS) is 12.3. The zero-order chi connectivity index (χ0) is 16.3. The van der Waals surface area contributed by atoms with Crippen molar-refractivity contribution in [3.05, 3.63) is 33.9 Å². The zero-order valence-electron chi connectivity index (χ0n) is 10.3. The Labute approximate surface area is 114 Å². The van der Waals surface area contributed by atoms with Crippen molar-refractivity contribution in [2.45, 2.75) is 18.7 Å². The molecule has 0 bridgehead atoms. The van der Waals surface area contributed by atoms with E-state index in [0.29, 0.717) is 0 Å². The van der Waals surface area contributed by atoms with Gasteiger partial charge in [-0.15, -0.1) is 0 Å². The van der Waals surface area contributed by atoms with E-state index in [1.807, 2.05) is 5.43 Å². The predicted molar refractivity (Wildman–Crippen MR) is 61.6 cm³/mol. The van der Waals surface area contributed by atoms with Gasteiger partial charge in [0.05, 0.1) is 11.5 Å². The standard InChI is InChI=1S/C10H10F5N3O3/c11-9(12,10(13,14)15)5-21-4-6-2-1-3-7(18(19)20)8(6)17-16/h1-3,17H,4-5,16H2. The number of alkyl halides is 5. The summed E-state index contributed by atoms with van der Waals surface area (Å²) in [7, 11) is 0. The molecule has 1 aromatic carbocycles. The first kappa shape index (κ1) is 17.0. The lowest BCUT2D eigenvalue weighted by Gasteiger charge is -2.19. The van der Waals surface area contributed by atoms with E-state index < -0.39 is 35.9 Å². The summed E-state index contributed by atoms with van der Waals surface area (Å²) >= 11 is 0. The molecule has 0 saturated heterocycles. The largest absolute Gasteiger partial charge is 0.455 e. The lowest BCUT2D eigenvalue weighted by Crippen LogP contribution is -2.40. The highest BCUT2D eigenvalue weighted by Crippen LogP contribution is 2.36. The minimum atomic E-state index is -5.73. The van der Waals surface area contributed by atoms with Crippen molar-refractivity contribution in [2.24, 2.45) is 5.84 Å². The molecule has 118 valence electrons. The third kappa shape index (κ3) is 3.98. The third-order valence-corrected chi connectivity index (χ3v) is 2.43. The molecular weight excluding hydrogens is 305 g/mol. The van der Waals surface area contributed by atoms with E-state index in [4.69, 9.17) is 5.84 Å². The van der Waals surface area contributed by atoms with Crippen molar-refractivity contribution < 1.29 is 31.6 Å². The molecule has 0 aliphatic heterocycles. The molecule has 0 saturated carbocycles. The number of ether oxygens (including phenoxy) is 1. The van der Waals surface area contributed by atoms with Crippen LogP contribution in [0.15, 0.2) is 18.2 Å². The molecule has 0 aromatic heterocycles. The summed E-state index contributed by atoms with van der Waals surface area (Å²) in [5, 5.41) is 10.7. The SMILES string of the molecule is NNc1c(COCC(F)(F)C(F)(F)F)cccc1[N+](=O)[O-]. The van der Waals surface area contributed by atoms with E-state index in [0.717, 1.165) is 6.07 Å². The highest BCUT2D eigenvalue weighted by Gasteiger charge is 2.57. The number of nitrogens with zero attached hydrogens (tertiary/aromatic N) is 1.